The lowest BCUT2D eigenvalue weighted by Gasteiger charge is -2.26. The standard InChI is InChI=1S/C13H20ClNO2S2/c1-15(9-11-5-3-2-4-6-11)19(16,17)13-7-12(8-14)10-18-13/h7,10-11H,2-6,8-9H2,1H3. The van der Waals surface area contributed by atoms with Crippen molar-refractivity contribution in [2.45, 2.75) is 42.2 Å². The predicted molar refractivity (Wildman–Crippen MR) is 80.3 cm³/mol. The van der Waals surface area contributed by atoms with E-state index >= 15 is 0 Å². The Balaban J connectivity index is 2.05. The molecule has 1 aromatic rings. The maximum Gasteiger partial charge on any atom is 0.252 e. The van der Waals surface area contributed by atoms with Crippen LogP contribution in [0.25, 0.3) is 0 Å². The van der Waals surface area contributed by atoms with Crippen LogP contribution in [0.3, 0.4) is 0 Å². The van der Waals surface area contributed by atoms with Gasteiger partial charge in [-0.1, -0.05) is 19.3 Å². The van der Waals surface area contributed by atoms with Gasteiger partial charge in [0, 0.05) is 19.5 Å². The normalized spacial score (nSPS) is 18.1. The van der Waals surface area contributed by atoms with E-state index in [1.54, 1.807) is 13.1 Å². The molecule has 1 aromatic heterocycles. The minimum Gasteiger partial charge on any atom is -0.206 e. The molecule has 6 heteroatoms. The van der Waals surface area contributed by atoms with E-state index in [1.165, 1.54) is 34.9 Å². The lowest BCUT2D eigenvalue weighted by molar-refractivity contribution is 0.300. The topological polar surface area (TPSA) is 37.4 Å². The SMILES string of the molecule is CN(CC1CCCCC1)S(=O)(=O)c1cc(CCl)cs1. The molecular weight excluding hydrogens is 302 g/mol. The third kappa shape index (κ3) is 3.72. The number of nitrogens with zero attached hydrogens (tertiary/aromatic N) is 1. The van der Waals surface area contributed by atoms with E-state index < -0.39 is 10.0 Å². The molecule has 3 nitrogen and oxygen atoms in total. The summed E-state index contributed by atoms with van der Waals surface area (Å²) in [5.41, 5.74) is 0.872. The predicted octanol–water partition coefficient (Wildman–Crippen LogP) is 3.69. The summed E-state index contributed by atoms with van der Waals surface area (Å²) < 4.78 is 26.8. The maximum absolute atomic E-state index is 12.4. The lowest BCUT2D eigenvalue weighted by atomic mass is 9.89. The zero-order valence-electron chi connectivity index (χ0n) is 11.1. The molecule has 0 aromatic carbocycles. The van der Waals surface area contributed by atoms with Crippen LogP contribution >= 0.6 is 22.9 Å². The Hall–Kier alpha value is -0.100. The second-order valence-electron chi connectivity index (χ2n) is 5.20. The molecule has 19 heavy (non-hydrogen) atoms. The van der Waals surface area contributed by atoms with Gasteiger partial charge in [-0.3, -0.25) is 0 Å². The molecular formula is C13H20ClNO2S2. The van der Waals surface area contributed by atoms with Crippen molar-refractivity contribution in [3.8, 4) is 0 Å². The molecule has 1 aliphatic rings. The fraction of sp³-hybridized carbons (Fsp3) is 0.692. The summed E-state index contributed by atoms with van der Waals surface area (Å²) >= 11 is 6.98. The number of hydrogen-bond acceptors (Lipinski definition) is 3. The van der Waals surface area contributed by atoms with E-state index in [1.807, 2.05) is 5.38 Å². The van der Waals surface area contributed by atoms with E-state index in [9.17, 15) is 8.42 Å². The number of hydrogen-bond donors (Lipinski definition) is 0. The maximum atomic E-state index is 12.4. The van der Waals surface area contributed by atoms with E-state index in [0.717, 1.165) is 18.4 Å². The molecule has 0 unspecified atom stereocenters. The Bertz CT molecular complexity index is 506. The summed E-state index contributed by atoms with van der Waals surface area (Å²) in [5.74, 6) is 0.874. The average molecular weight is 322 g/mol. The molecule has 1 heterocycles. The molecule has 0 atom stereocenters. The second kappa shape index (κ2) is 6.57. The van der Waals surface area contributed by atoms with Crippen LogP contribution in [0.15, 0.2) is 15.7 Å². The highest BCUT2D eigenvalue weighted by Crippen LogP contribution is 2.28. The number of halogens is 1. The van der Waals surface area contributed by atoms with Crippen LogP contribution < -0.4 is 0 Å². The number of alkyl halides is 1. The summed E-state index contributed by atoms with van der Waals surface area (Å²) in [4.78, 5) is 0. The van der Waals surface area contributed by atoms with Crippen LogP contribution in [-0.2, 0) is 15.9 Å². The number of rotatable bonds is 5. The smallest absolute Gasteiger partial charge is 0.206 e. The molecule has 0 saturated heterocycles. The van der Waals surface area contributed by atoms with E-state index in [0.29, 0.717) is 22.6 Å². The summed E-state index contributed by atoms with van der Waals surface area (Å²) in [5, 5.41) is 1.81. The molecule has 0 spiro atoms. The van der Waals surface area contributed by atoms with Gasteiger partial charge in [-0.2, -0.15) is 4.31 Å². The van der Waals surface area contributed by atoms with Gasteiger partial charge in [-0.15, -0.1) is 22.9 Å². The summed E-state index contributed by atoms with van der Waals surface area (Å²) in [6, 6.07) is 1.68. The average Bonchev–Trinajstić information content (AvgIpc) is 2.89. The Kier molecular flexibility index (Phi) is 5.29. The van der Waals surface area contributed by atoms with Gasteiger partial charge in [0.15, 0.2) is 0 Å². The fourth-order valence-electron chi connectivity index (χ4n) is 2.54. The van der Waals surface area contributed by atoms with E-state index in [2.05, 4.69) is 0 Å². The second-order valence-corrected chi connectivity index (χ2v) is 8.65. The molecule has 0 radical (unpaired) electrons. The highest BCUT2D eigenvalue weighted by molar-refractivity contribution is 7.91. The van der Waals surface area contributed by atoms with Gasteiger partial charge in [-0.05, 0) is 35.8 Å². The Morgan fingerprint density at radius 3 is 2.63 bits per heavy atom. The van der Waals surface area contributed by atoms with Gasteiger partial charge < -0.3 is 0 Å². The highest BCUT2D eigenvalue weighted by Gasteiger charge is 2.26. The van der Waals surface area contributed by atoms with Crippen molar-refractivity contribution in [2.24, 2.45) is 5.92 Å². The minimum atomic E-state index is -3.33. The van der Waals surface area contributed by atoms with Gasteiger partial charge in [0.25, 0.3) is 10.0 Å². The van der Waals surface area contributed by atoms with Crippen LogP contribution in [0, 0.1) is 5.92 Å². The molecule has 2 rings (SSSR count). The molecule has 0 bridgehead atoms. The zero-order valence-corrected chi connectivity index (χ0v) is 13.5. The van der Waals surface area contributed by atoms with Crippen molar-refractivity contribution in [2.75, 3.05) is 13.6 Å². The van der Waals surface area contributed by atoms with Crippen molar-refractivity contribution < 1.29 is 8.42 Å². The summed E-state index contributed by atoms with van der Waals surface area (Å²) in [6.07, 6.45) is 6.05. The first-order valence-corrected chi connectivity index (χ1v) is 9.49. The summed E-state index contributed by atoms with van der Waals surface area (Å²) in [7, 11) is -1.65. The lowest BCUT2D eigenvalue weighted by Crippen LogP contribution is -2.32. The van der Waals surface area contributed by atoms with Crippen molar-refractivity contribution >= 4 is 33.0 Å². The van der Waals surface area contributed by atoms with Crippen molar-refractivity contribution in [3.63, 3.8) is 0 Å². The van der Waals surface area contributed by atoms with Gasteiger partial charge in [0.05, 0.1) is 0 Å². The van der Waals surface area contributed by atoms with Crippen molar-refractivity contribution in [3.05, 3.63) is 17.0 Å². The number of sulfonamides is 1. The first kappa shape index (κ1) is 15.3. The quantitative estimate of drug-likeness (QED) is 0.776. The molecule has 1 aliphatic carbocycles. The van der Waals surface area contributed by atoms with Crippen molar-refractivity contribution in [1.82, 2.24) is 4.31 Å². The largest absolute Gasteiger partial charge is 0.252 e. The zero-order chi connectivity index (χ0) is 13.9. The first-order valence-electron chi connectivity index (χ1n) is 6.63. The Labute approximate surface area is 124 Å². The van der Waals surface area contributed by atoms with Crippen LogP contribution in [0.4, 0.5) is 0 Å². The van der Waals surface area contributed by atoms with Crippen LogP contribution in [-0.4, -0.2) is 26.3 Å². The third-order valence-corrected chi connectivity index (χ3v) is 7.28. The van der Waals surface area contributed by atoms with Gasteiger partial charge >= 0.3 is 0 Å². The third-order valence-electron chi connectivity index (χ3n) is 3.69. The van der Waals surface area contributed by atoms with Crippen LogP contribution in [0.5, 0.6) is 0 Å². The van der Waals surface area contributed by atoms with Crippen LogP contribution in [0.1, 0.15) is 37.7 Å². The molecule has 108 valence electrons. The monoisotopic (exact) mass is 321 g/mol. The molecule has 0 N–H and O–H groups in total. The molecule has 0 amide bonds. The van der Waals surface area contributed by atoms with Gasteiger partial charge in [0.2, 0.25) is 0 Å². The number of thiophene rings is 1. The Morgan fingerprint density at radius 2 is 2.05 bits per heavy atom. The van der Waals surface area contributed by atoms with E-state index in [-0.39, 0.29) is 0 Å². The van der Waals surface area contributed by atoms with Crippen LogP contribution in [0.2, 0.25) is 0 Å². The highest BCUT2D eigenvalue weighted by atomic mass is 35.5. The molecule has 1 fully saturated rings. The minimum absolute atomic E-state index is 0.359. The molecule has 0 aliphatic heterocycles. The Morgan fingerprint density at radius 1 is 1.37 bits per heavy atom. The van der Waals surface area contributed by atoms with Gasteiger partial charge in [-0.25, -0.2) is 8.42 Å². The van der Waals surface area contributed by atoms with E-state index in [4.69, 9.17) is 11.6 Å². The first-order chi connectivity index (χ1) is 9.04. The molecule has 1 saturated carbocycles. The summed E-state index contributed by atoms with van der Waals surface area (Å²) in [6.45, 7) is 0.635. The fourth-order valence-corrected chi connectivity index (χ4v) is 5.45. The van der Waals surface area contributed by atoms with Crippen molar-refractivity contribution in [1.29, 1.82) is 0 Å². The van der Waals surface area contributed by atoms with Gasteiger partial charge in [0.1, 0.15) is 4.21 Å².